The lowest BCUT2D eigenvalue weighted by Crippen LogP contribution is -2.26. The largest absolute Gasteiger partial charge is 0.497 e. The Morgan fingerprint density at radius 3 is 2.59 bits per heavy atom. The molecule has 0 aliphatic carbocycles. The van der Waals surface area contributed by atoms with Gasteiger partial charge in [0.05, 0.1) is 13.3 Å². The first-order valence-corrected chi connectivity index (χ1v) is 6.79. The Kier molecular flexibility index (Phi) is 5.68. The fourth-order valence-electron chi connectivity index (χ4n) is 1.97. The molecule has 1 N–H and O–H groups in total. The van der Waals surface area contributed by atoms with Crippen LogP contribution in [-0.4, -0.2) is 26.3 Å². The van der Waals surface area contributed by atoms with E-state index in [0.29, 0.717) is 0 Å². The molecule has 0 saturated carbocycles. The second-order valence-corrected chi connectivity index (χ2v) is 4.54. The van der Waals surface area contributed by atoms with E-state index in [4.69, 9.17) is 9.47 Å². The second kappa shape index (κ2) is 7.95. The van der Waals surface area contributed by atoms with Crippen LogP contribution in [0.4, 0.5) is 0 Å². The van der Waals surface area contributed by atoms with Gasteiger partial charge in [-0.05, 0) is 23.3 Å². The van der Waals surface area contributed by atoms with E-state index in [2.05, 4.69) is 10.5 Å². The monoisotopic (exact) mass is 298 g/mol. The number of ether oxygens (including phenoxy) is 2. The molecular formula is C17H18N2O3. The van der Waals surface area contributed by atoms with Crippen molar-refractivity contribution in [1.82, 2.24) is 5.43 Å². The van der Waals surface area contributed by atoms with Crippen LogP contribution in [-0.2, 0) is 9.53 Å². The molecule has 0 saturated heterocycles. The summed E-state index contributed by atoms with van der Waals surface area (Å²) in [5, 5.41) is 3.95. The van der Waals surface area contributed by atoms with Gasteiger partial charge in [0, 0.05) is 7.11 Å². The lowest BCUT2D eigenvalue weighted by Gasteiger charge is -2.13. The van der Waals surface area contributed by atoms with Crippen molar-refractivity contribution in [3.05, 3.63) is 65.7 Å². The smallest absolute Gasteiger partial charge is 0.273 e. The molecule has 0 bridgehead atoms. The van der Waals surface area contributed by atoms with Gasteiger partial charge in [-0.15, -0.1) is 0 Å². The maximum Gasteiger partial charge on any atom is 0.273 e. The van der Waals surface area contributed by atoms with E-state index in [-0.39, 0.29) is 5.91 Å². The third-order valence-corrected chi connectivity index (χ3v) is 3.06. The first-order valence-electron chi connectivity index (χ1n) is 6.79. The topological polar surface area (TPSA) is 59.9 Å². The second-order valence-electron chi connectivity index (χ2n) is 4.54. The number of hydrazone groups is 1. The molecule has 2 rings (SSSR count). The normalized spacial score (nSPS) is 12.1. The van der Waals surface area contributed by atoms with Gasteiger partial charge in [-0.25, -0.2) is 5.43 Å². The summed E-state index contributed by atoms with van der Waals surface area (Å²) in [6.45, 7) is 0. The Bertz CT molecular complexity index is 641. The van der Waals surface area contributed by atoms with Crippen molar-refractivity contribution in [2.75, 3.05) is 14.2 Å². The summed E-state index contributed by atoms with van der Waals surface area (Å²) in [6.07, 6.45) is 0.863. The van der Waals surface area contributed by atoms with Crippen LogP contribution in [0.2, 0.25) is 0 Å². The molecule has 1 atom stereocenters. The Balaban J connectivity index is 2.00. The standard InChI is InChI=1S/C17H18N2O3/c1-21-15-10-6-7-13(11-15)12-18-19-17(20)16(22-2)14-8-4-3-5-9-14/h3-12,16H,1-2H3,(H,19,20)/b18-12+. The van der Waals surface area contributed by atoms with Crippen molar-refractivity contribution in [3.63, 3.8) is 0 Å². The minimum absolute atomic E-state index is 0.326. The SMILES string of the molecule is COc1cccc(/C=N/NC(=O)C(OC)c2ccccc2)c1. The van der Waals surface area contributed by atoms with Gasteiger partial charge in [0.25, 0.3) is 5.91 Å². The first-order chi connectivity index (χ1) is 10.7. The molecule has 0 radical (unpaired) electrons. The van der Waals surface area contributed by atoms with Crippen LogP contribution in [0.5, 0.6) is 5.75 Å². The number of carbonyl (C=O) groups excluding carboxylic acids is 1. The van der Waals surface area contributed by atoms with Crippen molar-refractivity contribution in [3.8, 4) is 5.75 Å². The fraction of sp³-hybridized carbons (Fsp3) is 0.176. The Morgan fingerprint density at radius 2 is 1.91 bits per heavy atom. The molecule has 0 spiro atoms. The van der Waals surface area contributed by atoms with Gasteiger partial charge in [0.15, 0.2) is 6.10 Å². The molecule has 0 aliphatic rings. The molecule has 1 unspecified atom stereocenters. The maximum atomic E-state index is 12.1. The summed E-state index contributed by atoms with van der Waals surface area (Å²) in [6, 6.07) is 16.6. The minimum Gasteiger partial charge on any atom is -0.497 e. The van der Waals surface area contributed by atoms with Crippen molar-refractivity contribution in [2.45, 2.75) is 6.10 Å². The summed E-state index contributed by atoms with van der Waals surface area (Å²) in [5.41, 5.74) is 4.09. The number of methoxy groups -OCH3 is 2. The van der Waals surface area contributed by atoms with Crippen molar-refractivity contribution >= 4 is 12.1 Å². The molecule has 5 nitrogen and oxygen atoms in total. The van der Waals surface area contributed by atoms with E-state index in [1.165, 1.54) is 7.11 Å². The third-order valence-electron chi connectivity index (χ3n) is 3.06. The van der Waals surface area contributed by atoms with Crippen LogP contribution in [0.15, 0.2) is 59.7 Å². The van der Waals surface area contributed by atoms with Crippen LogP contribution in [0.1, 0.15) is 17.2 Å². The van der Waals surface area contributed by atoms with E-state index >= 15 is 0 Å². The highest BCUT2D eigenvalue weighted by Crippen LogP contribution is 2.16. The summed E-state index contributed by atoms with van der Waals surface area (Å²) < 4.78 is 10.4. The highest BCUT2D eigenvalue weighted by atomic mass is 16.5. The average molecular weight is 298 g/mol. The van der Waals surface area contributed by atoms with Crippen LogP contribution in [0.25, 0.3) is 0 Å². The lowest BCUT2D eigenvalue weighted by molar-refractivity contribution is -0.131. The molecule has 2 aromatic rings. The molecule has 22 heavy (non-hydrogen) atoms. The Hall–Kier alpha value is -2.66. The van der Waals surface area contributed by atoms with Gasteiger partial charge in [-0.3, -0.25) is 4.79 Å². The summed E-state index contributed by atoms with van der Waals surface area (Å²) >= 11 is 0. The van der Waals surface area contributed by atoms with Crippen LogP contribution < -0.4 is 10.2 Å². The van der Waals surface area contributed by atoms with E-state index < -0.39 is 6.10 Å². The molecule has 5 heteroatoms. The molecule has 114 valence electrons. The van der Waals surface area contributed by atoms with E-state index in [1.54, 1.807) is 13.3 Å². The molecule has 0 heterocycles. The zero-order valence-corrected chi connectivity index (χ0v) is 12.5. The van der Waals surface area contributed by atoms with Gasteiger partial charge in [-0.2, -0.15) is 5.10 Å². The number of nitrogens with one attached hydrogen (secondary N) is 1. The van der Waals surface area contributed by atoms with Crippen molar-refractivity contribution in [1.29, 1.82) is 0 Å². The Labute approximate surface area is 129 Å². The average Bonchev–Trinajstić information content (AvgIpc) is 2.57. The number of hydrogen-bond donors (Lipinski definition) is 1. The van der Waals surface area contributed by atoms with Gasteiger partial charge in [-0.1, -0.05) is 42.5 Å². The van der Waals surface area contributed by atoms with Gasteiger partial charge in [0.1, 0.15) is 5.75 Å². The molecular weight excluding hydrogens is 280 g/mol. The summed E-state index contributed by atoms with van der Waals surface area (Å²) in [4.78, 5) is 12.1. The number of hydrogen-bond acceptors (Lipinski definition) is 4. The highest BCUT2D eigenvalue weighted by Gasteiger charge is 2.18. The molecule has 0 aliphatic heterocycles. The predicted molar refractivity (Wildman–Crippen MR) is 84.9 cm³/mol. The van der Waals surface area contributed by atoms with Gasteiger partial charge in [0.2, 0.25) is 0 Å². The van der Waals surface area contributed by atoms with Crippen LogP contribution in [0, 0.1) is 0 Å². The summed E-state index contributed by atoms with van der Waals surface area (Å²) in [5.74, 6) is 0.405. The molecule has 0 fully saturated rings. The predicted octanol–water partition coefficient (Wildman–Crippen LogP) is 2.53. The third kappa shape index (κ3) is 4.17. The molecule has 2 aromatic carbocycles. The van der Waals surface area contributed by atoms with Gasteiger partial charge >= 0.3 is 0 Å². The molecule has 1 amide bonds. The number of amides is 1. The zero-order chi connectivity index (χ0) is 15.8. The Morgan fingerprint density at radius 1 is 1.14 bits per heavy atom. The highest BCUT2D eigenvalue weighted by molar-refractivity contribution is 5.85. The molecule has 0 aromatic heterocycles. The lowest BCUT2D eigenvalue weighted by atomic mass is 10.1. The summed E-state index contributed by atoms with van der Waals surface area (Å²) in [7, 11) is 3.09. The maximum absolute atomic E-state index is 12.1. The van der Waals surface area contributed by atoms with E-state index in [1.807, 2.05) is 54.6 Å². The van der Waals surface area contributed by atoms with Crippen molar-refractivity contribution < 1.29 is 14.3 Å². The zero-order valence-electron chi connectivity index (χ0n) is 12.5. The van der Waals surface area contributed by atoms with Crippen molar-refractivity contribution in [2.24, 2.45) is 5.10 Å². The van der Waals surface area contributed by atoms with Crippen LogP contribution in [0.3, 0.4) is 0 Å². The van der Waals surface area contributed by atoms with E-state index in [9.17, 15) is 4.79 Å². The van der Waals surface area contributed by atoms with Gasteiger partial charge < -0.3 is 9.47 Å². The number of benzene rings is 2. The number of carbonyl (C=O) groups is 1. The quantitative estimate of drug-likeness (QED) is 0.658. The minimum atomic E-state index is -0.691. The van der Waals surface area contributed by atoms with Crippen LogP contribution >= 0.6 is 0 Å². The number of nitrogens with zero attached hydrogens (tertiary/aromatic N) is 1. The number of rotatable bonds is 6. The van der Waals surface area contributed by atoms with E-state index in [0.717, 1.165) is 16.9 Å². The fourth-order valence-corrected chi connectivity index (χ4v) is 1.97. The first kappa shape index (κ1) is 15.7.